The molecule has 0 saturated carbocycles. The van der Waals surface area contributed by atoms with Gasteiger partial charge in [0.05, 0.1) is 0 Å². The third-order valence-electron chi connectivity index (χ3n) is 3.14. The van der Waals surface area contributed by atoms with Gasteiger partial charge in [-0.3, -0.25) is 5.10 Å². The molecular formula is C12H16N4S. The van der Waals surface area contributed by atoms with E-state index in [1.807, 2.05) is 6.92 Å². The summed E-state index contributed by atoms with van der Waals surface area (Å²) in [6.45, 7) is 8.17. The fourth-order valence-electron chi connectivity index (χ4n) is 2.22. The number of nitrogens with zero attached hydrogens (tertiary/aromatic N) is 3. The first-order valence-electron chi connectivity index (χ1n) is 6.01. The highest BCUT2D eigenvalue weighted by molar-refractivity contribution is 7.21. The van der Waals surface area contributed by atoms with Crippen molar-refractivity contribution in [3.63, 3.8) is 0 Å². The van der Waals surface area contributed by atoms with E-state index >= 15 is 0 Å². The molecule has 3 rings (SSSR count). The molecule has 1 fully saturated rings. The van der Waals surface area contributed by atoms with Crippen LogP contribution in [-0.2, 0) is 0 Å². The lowest BCUT2D eigenvalue weighted by molar-refractivity contribution is 0.577. The van der Waals surface area contributed by atoms with Gasteiger partial charge in [-0.2, -0.15) is 5.10 Å². The Morgan fingerprint density at radius 3 is 2.82 bits per heavy atom. The molecule has 1 aliphatic heterocycles. The maximum Gasteiger partial charge on any atom is 0.188 e. The normalized spacial score (nSPS) is 16.6. The van der Waals surface area contributed by atoms with Crippen LogP contribution in [0.5, 0.6) is 0 Å². The van der Waals surface area contributed by atoms with Crippen LogP contribution in [0.15, 0.2) is 6.58 Å². The fourth-order valence-corrected chi connectivity index (χ4v) is 3.18. The van der Waals surface area contributed by atoms with Crippen molar-refractivity contribution in [3.05, 3.63) is 12.3 Å². The van der Waals surface area contributed by atoms with Crippen molar-refractivity contribution in [2.24, 2.45) is 0 Å². The van der Waals surface area contributed by atoms with E-state index in [0.29, 0.717) is 0 Å². The van der Waals surface area contributed by atoms with Crippen molar-refractivity contribution < 1.29 is 0 Å². The van der Waals surface area contributed by atoms with Crippen LogP contribution in [-0.4, -0.2) is 28.3 Å². The Morgan fingerprint density at radius 1 is 1.35 bits per heavy atom. The van der Waals surface area contributed by atoms with Gasteiger partial charge in [-0.25, -0.2) is 4.98 Å². The van der Waals surface area contributed by atoms with Gasteiger partial charge in [-0.15, -0.1) is 0 Å². The van der Waals surface area contributed by atoms with E-state index in [1.165, 1.54) is 19.3 Å². The maximum atomic E-state index is 4.71. The summed E-state index contributed by atoms with van der Waals surface area (Å²) in [5.74, 6) is 0. The van der Waals surface area contributed by atoms with Crippen molar-refractivity contribution in [1.29, 1.82) is 0 Å². The number of rotatable bonds is 2. The van der Waals surface area contributed by atoms with Gasteiger partial charge in [0.15, 0.2) is 5.13 Å². The Balaban J connectivity index is 1.98. The second-order valence-corrected chi connectivity index (χ2v) is 5.55. The molecule has 0 aromatic carbocycles. The van der Waals surface area contributed by atoms with Crippen molar-refractivity contribution in [1.82, 2.24) is 15.2 Å². The molecule has 1 saturated heterocycles. The van der Waals surface area contributed by atoms with Crippen molar-refractivity contribution in [3.8, 4) is 0 Å². The number of anilines is 1. The molecule has 1 N–H and O–H groups in total. The summed E-state index contributed by atoms with van der Waals surface area (Å²) in [6, 6.07) is 0. The molecule has 0 amide bonds. The highest BCUT2D eigenvalue weighted by Gasteiger charge is 2.18. The van der Waals surface area contributed by atoms with Crippen LogP contribution in [0.1, 0.15) is 31.9 Å². The second kappa shape index (κ2) is 4.14. The van der Waals surface area contributed by atoms with Crippen LogP contribution >= 0.6 is 11.3 Å². The summed E-state index contributed by atoms with van der Waals surface area (Å²) in [7, 11) is 0. The molecule has 0 unspecified atom stereocenters. The minimum Gasteiger partial charge on any atom is -0.348 e. The largest absolute Gasteiger partial charge is 0.348 e. The number of H-pyrrole nitrogens is 1. The number of nitrogens with one attached hydrogen (secondary N) is 1. The minimum atomic E-state index is 0.902. The smallest absolute Gasteiger partial charge is 0.188 e. The van der Waals surface area contributed by atoms with E-state index in [-0.39, 0.29) is 0 Å². The average molecular weight is 248 g/mol. The molecule has 90 valence electrons. The Labute approximate surface area is 104 Å². The van der Waals surface area contributed by atoms with Crippen molar-refractivity contribution in [2.75, 3.05) is 18.0 Å². The van der Waals surface area contributed by atoms with E-state index in [0.717, 1.165) is 39.8 Å². The molecule has 1 aliphatic rings. The van der Waals surface area contributed by atoms with Crippen LogP contribution in [0.25, 0.3) is 15.9 Å². The van der Waals surface area contributed by atoms with Crippen molar-refractivity contribution in [2.45, 2.75) is 26.2 Å². The van der Waals surface area contributed by atoms with Crippen LogP contribution in [0.3, 0.4) is 0 Å². The van der Waals surface area contributed by atoms with Gasteiger partial charge >= 0.3 is 0 Å². The predicted octanol–water partition coefficient (Wildman–Crippen LogP) is 3.04. The Morgan fingerprint density at radius 2 is 2.12 bits per heavy atom. The SMILES string of the molecule is C=C(C)c1n[nH]c2sc(N3CCCCC3)nc12. The molecule has 17 heavy (non-hydrogen) atoms. The topological polar surface area (TPSA) is 44.8 Å². The number of hydrogen-bond donors (Lipinski definition) is 1. The highest BCUT2D eigenvalue weighted by atomic mass is 32.1. The summed E-state index contributed by atoms with van der Waals surface area (Å²) in [5.41, 5.74) is 2.84. The van der Waals surface area contributed by atoms with E-state index in [1.54, 1.807) is 11.3 Å². The first-order valence-corrected chi connectivity index (χ1v) is 6.83. The Hall–Kier alpha value is -1.36. The first-order chi connectivity index (χ1) is 8.25. The number of aromatic amines is 1. The zero-order valence-electron chi connectivity index (χ0n) is 9.99. The number of fused-ring (bicyclic) bond motifs is 1. The third kappa shape index (κ3) is 1.84. The van der Waals surface area contributed by atoms with E-state index in [4.69, 9.17) is 4.98 Å². The molecule has 0 spiro atoms. The monoisotopic (exact) mass is 248 g/mol. The number of hydrogen-bond acceptors (Lipinski definition) is 4. The number of thiazole rings is 1. The number of aromatic nitrogens is 3. The first kappa shape index (κ1) is 10.8. The standard InChI is InChI=1S/C12H16N4S/c1-8(2)9-10-11(15-14-9)17-12(13-10)16-6-4-3-5-7-16/h1,3-7H2,2H3,(H,14,15). The van der Waals surface area contributed by atoms with Gasteiger partial charge < -0.3 is 4.90 Å². The summed E-state index contributed by atoms with van der Waals surface area (Å²) in [6.07, 6.45) is 3.90. The zero-order chi connectivity index (χ0) is 11.8. The quantitative estimate of drug-likeness (QED) is 0.888. The second-order valence-electron chi connectivity index (χ2n) is 4.57. The predicted molar refractivity (Wildman–Crippen MR) is 72.5 cm³/mol. The van der Waals surface area contributed by atoms with Crippen LogP contribution in [0, 0.1) is 0 Å². The zero-order valence-corrected chi connectivity index (χ0v) is 10.8. The average Bonchev–Trinajstić information content (AvgIpc) is 2.88. The molecule has 5 heteroatoms. The number of piperidine rings is 1. The van der Waals surface area contributed by atoms with Gasteiger partial charge in [0, 0.05) is 13.1 Å². The molecule has 3 heterocycles. The van der Waals surface area contributed by atoms with E-state index in [2.05, 4.69) is 21.7 Å². The fraction of sp³-hybridized carbons (Fsp3) is 0.500. The van der Waals surface area contributed by atoms with Gasteiger partial charge in [-0.05, 0) is 31.8 Å². The van der Waals surface area contributed by atoms with Crippen molar-refractivity contribution >= 4 is 32.4 Å². The Kier molecular flexibility index (Phi) is 2.63. The van der Waals surface area contributed by atoms with Crippen LogP contribution in [0.2, 0.25) is 0 Å². The van der Waals surface area contributed by atoms with Gasteiger partial charge in [0.2, 0.25) is 0 Å². The van der Waals surface area contributed by atoms with Gasteiger partial charge in [-0.1, -0.05) is 17.9 Å². The molecule has 2 aromatic heterocycles. The summed E-state index contributed by atoms with van der Waals surface area (Å²) in [5, 5.41) is 8.41. The van der Waals surface area contributed by atoms with Gasteiger partial charge in [0.25, 0.3) is 0 Å². The lowest BCUT2D eigenvalue weighted by Crippen LogP contribution is -2.29. The van der Waals surface area contributed by atoms with Gasteiger partial charge in [0.1, 0.15) is 16.0 Å². The molecule has 0 bridgehead atoms. The maximum absolute atomic E-state index is 4.71. The molecule has 2 aromatic rings. The minimum absolute atomic E-state index is 0.902. The van der Waals surface area contributed by atoms with E-state index < -0.39 is 0 Å². The third-order valence-corrected chi connectivity index (χ3v) is 4.16. The summed E-state index contributed by atoms with van der Waals surface area (Å²) in [4.78, 5) is 8.15. The summed E-state index contributed by atoms with van der Waals surface area (Å²) >= 11 is 1.70. The van der Waals surface area contributed by atoms with E-state index in [9.17, 15) is 0 Å². The highest BCUT2D eigenvalue weighted by Crippen LogP contribution is 2.32. The lowest BCUT2D eigenvalue weighted by atomic mass is 10.1. The van der Waals surface area contributed by atoms with Crippen LogP contribution in [0.4, 0.5) is 5.13 Å². The number of allylic oxidation sites excluding steroid dienone is 1. The Bertz CT molecular complexity index is 548. The summed E-state index contributed by atoms with van der Waals surface area (Å²) < 4.78 is 0. The lowest BCUT2D eigenvalue weighted by Gasteiger charge is -2.25. The molecule has 0 atom stereocenters. The van der Waals surface area contributed by atoms with Crippen LogP contribution < -0.4 is 4.90 Å². The molecule has 0 aliphatic carbocycles. The molecule has 4 nitrogen and oxygen atoms in total. The molecule has 0 radical (unpaired) electrons. The molecular weight excluding hydrogens is 232 g/mol.